The summed E-state index contributed by atoms with van der Waals surface area (Å²) in [5.41, 5.74) is -0.0906. The Morgan fingerprint density at radius 1 is 1.22 bits per heavy atom. The summed E-state index contributed by atoms with van der Waals surface area (Å²) in [7, 11) is 1.33. The summed E-state index contributed by atoms with van der Waals surface area (Å²) in [4.78, 5) is 32.4. The molecule has 9 nitrogen and oxygen atoms in total. The van der Waals surface area contributed by atoms with E-state index in [-0.39, 0.29) is 22.1 Å². The van der Waals surface area contributed by atoms with Crippen LogP contribution in [-0.4, -0.2) is 22.9 Å². The lowest BCUT2D eigenvalue weighted by molar-refractivity contribution is -0.400. The van der Waals surface area contributed by atoms with Gasteiger partial charge in [0.15, 0.2) is 11.5 Å². The van der Waals surface area contributed by atoms with Crippen LogP contribution in [0.2, 0.25) is 5.02 Å². The van der Waals surface area contributed by atoms with Gasteiger partial charge >= 0.3 is 5.97 Å². The summed E-state index contributed by atoms with van der Waals surface area (Å²) in [6.07, 6.45) is 1.99. The molecule has 2 aromatic carbocycles. The van der Waals surface area contributed by atoms with Crippen LogP contribution in [0.25, 0.3) is 6.08 Å². The average Bonchev–Trinajstić information content (AvgIpc) is 2.61. The van der Waals surface area contributed by atoms with Gasteiger partial charge in [-0.25, -0.2) is 4.79 Å². The summed E-state index contributed by atoms with van der Waals surface area (Å²) in [5, 5.41) is 21.3. The Labute approximate surface area is 165 Å². The number of hydrogen-bond donors (Lipinski definition) is 0. The third-order valence-corrected chi connectivity index (χ3v) is 4.12. The zero-order valence-electron chi connectivity index (χ0n) is 13.5. The van der Waals surface area contributed by atoms with Crippen LogP contribution in [0, 0.1) is 20.2 Å². The highest BCUT2D eigenvalue weighted by molar-refractivity contribution is 9.10. The van der Waals surface area contributed by atoms with Crippen molar-refractivity contribution in [3.8, 4) is 11.5 Å². The fraction of sp³-hybridized carbons (Fsp3) is 0.0625. The maximum atomic E-state index is 12.4. The molecule has 0 atom stereocenters. The van der Waals surface area contributed by atoms with Crippen LogP contribution < -0.4 is 9.47 Å². The third-order valence-electron chi connectivity index (χ3n) is 3.21. The second kappa shape index (κ2) is 8.60. The highest BCUT2D eigenvalue weighted by Crippen LogP contribution is 2.38. The van der Waals surface area contributed by atoms with E-state index in [1.807, 2.05) is 0 Å². The van der Waals surface area contributed by atoms with Crippen molar-refractivity contribution in [3.05, 3.63) is 77.4 Å². The number of nitrogens with zero attached hydrogens (tertiary/aromatic N) is 2. The van der Waals surface area contributed by atoms with Crippen molar-refractivity contribution < 1.29 is 24.1 Å². The second-order valence-electron chi connectivity index (χ2n) is 4.95. The summed E-state index contributed by atoms with van der Waals surface area (Å²) >= 11 is 8.93. The number of methoxy groups -OCH3 is 1. The molecule has 0 saturated carbocycles. The van der Waals surface area contributed by atoms with Crippen molar-refractivity contribution in [3.63, 3.8) is 0 Å². The van der Waals surface area contributed by atoms with Gasteiger partial charge in [0.2, 0.25) is 6.20 Å². The molecule has 0 aliphatic carbocycles. The van der Waals surface area contributed by atoms with Crippen LogP contribution in [0.5, 0.6) is 11.5 Å². The molecule has 140 valence electrons. The summed E-state index contributed by atoms with van der Waals surface area (Å²) < 4.78 is 10.7. The van der Waals surface area contributed by atoms with E-state index in [1.165, 1.54) is 37.5 Å². The minimum Gasteiger partial charge on any atom is -0.493 e. The maximum absolute atomic E-state index is 12.4. The highest BCUT2D eigenvalue weighted by Gasteiger charge is 2.20. The molecule has 0 bridgehead atoms. The van der Waals surface area contributed by atoms with Gasteiger partial charge in [-0.15, -0.1) is 0 Å². The average molecular weight is 458 g/mol. The molecule has 0 amide bonds. The van der Waals surface area contributed by atoms with Crippen molar-refractivity contribution in [1.82, 2.24) is 0 Å². The van der Waals surface area contributed by atoms with Crippen LogP contribution in [-0.2, 0) is 0 Å². The zero-order chi connectivity index (χ0) is 20.1. The first-order valence-electron chi connectivity index (χ1n) is 7.08. The molecule has 11 heteroatoms. The van der Waals surface area contributed by atoms with Crippen LogP contribution in [0.1, 0.15) is 15.9 Å². The highest BCUT2D eigenvalue weighted by atomic mass is 79.9. The number of ether oxygens (including phenoxy) is 2. The molecule has 2 aromatic rings. The first-order chi connectivity index (χ1) is 12.7. The van der Waals surface area contributed by atoms with Crippen molar-refractivity contribution in [1.29, 1.82) is 0 Å². The molecular formula is C16H10BrClN2O7. The molecule has 0 spiro atoms. The quantitative estimate of drug-likeness (QED) is 0.271. The summed E-state index contributed by atoms with van der Waals surface area (Å²) in [6.45, 7) is 0. The van der Waals surface area contributed by atoms with Crippen LogP contribution >= 0.6 is 27.5 Å². The molecule has 2 rings (SSSR count). The number of esters is 1. The monoisotopic (exact) mass is 456 g/mol. The zero-order valence-corrected chi connectivity index (χ0v) is 15.9. The number of halogens is 2. The molecule has 0 aliphatic rings. The number of rotatable bonds is 6. The Morgan fingerprint density at radius 2 is 1.93 bits per heavy atom. The number of nitro benzene ring substituents is 1. The van der Waals surface area contributed by atoms with E-state index in [9.17, 15) is 25.0 Å². The minimum atomic E-state index is -0.873. The molecule has 0 heterocycles. The smallest absolute Gasteiger partial charge is 0.343 e. The maximum Gasteiger partial charge on any atom is 0.343 e. The Hall–Kier alpha value is -2.98. The number of carbonyl (C=O) groups is 1. The first-order valence-corrected chi connectivity index (χ1v) is 8.25. The summed E-state index contributed by atoms with van der Waals surface area (Å²) in [5.74, 6) is -0.732. The molecule has 0 fully saturated rings. The van der Waals surface area contributed by atoms with E-state index in [2.05, 4.69) is 15.9 Å². The largest absolute Gasteiger partial charge is 0.493 e. The number of hydrogen-bond acceptors (Lipinski definition) is 7. The standard InChI is InChI=1S/C16H10BrClN2O7/c1-26-14-7-9(4-5-19(22)23)6-11(17)15(14)27-16(21)10-2-3-12(18)13(8-10)20(24)25/h2-8H,1H3. The van der Waals surface area contributed by atoms with Gasteiger partial charge in [0.1, 0.15) is 5.02 Å². The molecule has 0 radical (unpaired) electrons. The molecule has 0 saturated heterocycles. The predicted octanol–water partition coefficient (Wildman–Crippen LogP) is 4.49. The number of nitro groups is 2. The normalized spacial score (nSPS) is 10.6. The first kappa shape index (κ1) is 20.3. The van der Waals surface area contributed by atoms with Gasteiger partial charge in [-0.05, 0) is 45.8 Å². The second-order valence-corrected chi connectivity index (χ2v) is 6.21. The Balaban J connectivity index is 2.36. The molecule has 27 heavy (non-hydrogen) atoms. The number of carbonyl (C=O) groups excluding carboxylic acids is 1. The van der Waals surface area contributed by atoms with Crippen molar-refractivity contribution >= 4 is 45.3 Å². The van der Waals surface area contributed by atoms with Gasteiger partial charge in [-0.2, -0.15) is 0 Å². The Kier molecular flexibility index (Phi) is 6.48. The van der Waals surface area contributed by atoms with Crippen LogP contribution in [0.15, 0.2) is 41.0 Å². The van der Waals surface area contributed by atoms with Crippen LogP contribution in [0.4, 0.5) is 5.69 Å². The van der Waals surface area contributed by atoms with E-state index in [0.717, 1.165) is 12.3 Å². The fourth-order valence-electron chi connectivity index (χ4n) is 2.01. The predicted molar refractivity (Wildman–Crippen MR) is 99.8 cm³/mol. The van der Waals surface area contributed by atoms with E-state index in [0.29, 0.717) is 10.0 Å². The third kappa shape index (κ3) is 5.02. The molecule has 0 N–H and O–H groups in total. The van der Waals surface area contributed by atoms with Gasteiger partial charge in [-0.3, -0.25) is 20.2 Å². The molecule has 0 aliphatic heterocycles. The van der Waals surface area contributed by atoms with E-state index >= 15 is 0 Å². The lowest BCUT2D eigenvalue weighted by Gasteiger charge is -2.12. The topological polar surface area (TPSA) is 122 Å². The van der Waals surface area contributed by atoms with E-state index < -0.39 is 21.5 Å². The molecule has 0 unspecified atom stereocenters. The fourth-order valence-corrected chi connectivity index (χ4v) is 2.74. The van der Waals surface area contributed by atoms with Gasteiger partial charge < -0.3 is 9.47 Å². The number of benzene rings is 2. The van der Waals surface area contributed by atoms with Crippen LogP contribution in [0.3, 0.4) is 0 Å². The molecule has 0 aromatic heterocycles. The van der Waals surface area contributed by atoms with Gasteiger partial charge in [-0.1, -0.05) is 11.6 Å². The lowest BCUT2D eigenvalue weighted by atomic mass is 10.2. The minimum absolute atomic E-state index is 0.0124. The van der Waals surface area contributed by atoms with Crippen molar-refractivity contribution in [2.75, 3.05) is 7.11 Å². The van der Waals surface area contributed by atoms with Crippen molar-refractivity contribution in [2.24, 2.45) is 0 Å². The van der Waals surface area contributed by atoms with E-state index in [1.54, 1.807) is 0 Å². The van der Waals surface area contributed by atoms with Crippen molar-refractivity contribution in [2.45, 2.75) is 0 Å². The SMILES string of the molecule is COc1cc(C=C[N+](=O)[O-])cc(Br)c1OC(=O)c1ccc(Cl)c([N+](=O)[O-])c1. The summed E-state index contributed by atoms with van der Waals surface area (Å²) in [6, 6.07) is 6.41. The van der Waals surface area contributed by atoms with Gasteiger partial charge in [0, 0.05) is 12.1 Å². The Morgan fingerprint density at radius 3 is 2.52 bits per heavy atom. The van der Waals surface area contributed by atoms with Gasteiger partial charge in [0.05, 0.1) is 27.0 Å². The van der Waals surface area contributed by atoms with Gasteiger partial charge in [0.25, 0.3) is 5.69 Å². The Bertz CT molecular complexity index is 962. The van der Waals surface area contributed by atoms with E-state index in [4.69, 9.17) is 21.1 Å². The molecular weight excluding hydrogens is 448 g/mol. The lowest BCUT2D eigenvalue weighted by Crippen LogP contribution is -2.10.